The van der Waals surface area contributed by atoms with Crippen LogP contribution < -0.4 is 10.6 Å². The zero-order valence-electron chi connectivity index (χ0n) is 14.6. The third kappa shape index (κ3) is 6.51. The Hall–Kier alpha value is -1.57. The van der Waals surface area contributed by atoms with Gasteiger partial charge in [-0.1, -0.05) is 6.92 Å². The minimum atomic E-state index is -0.321. The zero-order valence-corrected chi connectivity index (χ0v) is 15.4. The minimum Gasteiger partial charge on any atom is -0.358 e. The lowest BCUT2D eigenvalue weighted by Gasteiger charge is -2.25. The molecule has 0 radical (unpaired) electrons. The first-order valence-corrected chi connectivity index (χ1v) is 9.39. The number of Topliss-reactive ketones (excluding diaryl/α,β-unsaturated/α-hetero) is 1. The molecular formula is C16H27N3O4S. The van der Waals surface area contributed by atoms with Crippen LogP contribution in [0.5, 0.6) is 0 Å². The summed E-state index contributed by atoms with van der Waals surface area (Å²) in [4.78, 5) is 48.1. The second-order valence-corrected chi connectivity index (χ2v) is 6.94. The van der Waals surface area contributed by atoms with E-state index in [1.54, 1.807) is 11.9 Å². The normalized spacial score (nSPS) is 18.4. The summed E-state index contributed by atoms with van der Waals surface area (Å²) >= 11 is 1.26. The third-order valence-corrected chi connectivity index (χ3v) is 5.02. The number of likely N-dealkylation sites (tertiary alicyclic amines) is 1. The van der Waals surface area contributed by atoms with Gasteiger partial charge in [-0.15, -0.1) is 11.8 Å². The average molecular weight is 357 g/mol. The van der Waals surface area contributed by atoms with Crippen LogP contribution in [0.4, 0.5) is 0 Å². The molecule has 0 aliphatic carbocycles. The molecule has 1 saturated heterocycles. The van der Waals surface area contributed by atoms with Gasteiger partial charge in [-0.3, -0.25) is 19.2 Å². The molecule has 24 heavy (non-hydrogen) atoms. The molecule has 7 nitrogen and oxygen atoms in total. The molecule has 1 heterocycles. The summed E-state index contributed by atoms with van der Waals surface area (Å²) in [7, 11) is 1.56. The Labute approximate surface area is 147 Å². The molecule has 0 saturated carbocycles. The Morgan fingerprint density at radius 1 is 1.29 bits per heavy atom. The quantitative estimate of drug-likeness (QED) is 0.582. The van der Waals surface area contributed by atoms with Crippen LogP contribution in [0.2, 0.25) is 0 Å². The molecule has 8 heteroatoms. The van der Waals surface area contributed by atoms with Crippen molar-refractivity contribution >= 4 is 35.3 Å². The van der Waals surface area contributed by atoms with Crippen molar-refractivity contribution in [3.05, 3.63) is 0 Å². The van der Waals surface area contributed by atoms with Crippen LogP contribution in [-0.2, 0) is 19.2 Å². The Morgan fingerprint density at radius 2 is 1.96 bits per heavy atom. The number of hydrogen-bond acceptors (Lipinski definition) is 5. The highest BCUT2D eigenvalue weighted by Crippen LogP contribution is 2.24. The molecule has 0 aromatic rings. The van der Waals surface area contributed by atoms with E-state index in [4.69, 9.17) is 0 Å². The van der Waals surface area contributed by atoms with Crippen LogP contribution in [-0.4, -0.2) is 66.1 Å². The van der Waals surface area contributed by atoms with Crippen molar-refractivity contribution in [3.63, 3.8) is 0 Å². The molecule has 2 N–H and O–H groups in total. The number of carbonyl (C=O) groups is 4. The number of hydrogen-bond donors (Lipinski definition) is 2. The third-order valence-electron chi connectivity index (χ3n) is 4.09. The molecule has 1 fully saturated rings. The predicted molar refractivity (Wildman–Crippen MR) is 93.6 cm³/mol. The summed E-state index contributed by atoms with van der Waals surface area (Å²) in [5.41, 5.74) is 0. The van der Waals surface area contributed by atoms with Crippen LogP contribution in [0.3, 0.4) is 0 Å². The van der Waals surface area contributed by atoms with Crippen LogP contribution in [0, 0.1) is 5.92 Å². The van der Waals surface area contributed by atoms with Crippen molar-refractivity contribution in [2.24, 2.45) is 5.92 Å². The molecule has 1 aliphatic heterocycles. The van der Waals surface area contributed by atoms with Gasteiger partial charge in [-0.05, 0) is 25.7 Å². The topological polar surface area (TPSA) is 95.6 Å². The smallest absolute Gasteiger partial charge is 0.230 e. The van der Waals surface area contributed by atoms with E-state index in [0.29, 0.717) is 32.4 Å². The monoisotopic (exact) mass is 357 g/mol. The van der Waals surface area contributed by atoms with Gasteiger partial charge in [0.2, 0.25) is 17.7 Å². The van der Waals surface area contributed by atoms with Crippen LogP contribution in [0.15, 0.2) is 0 Å². The summed E-state index contributed by atoms with van der Waals surface area (Å²) < 4.78 is 0. The first kappa shape index (κ1) is 20.5. The van der Waals surface area contributed by atoms with Crippen LogP contribution in [0.1, 0.15) is 33.1 Å². The fourth-order valence-electron chi connectivity index (χ4n) is 2.81. The largest absolute Gasteiger partial charge is 0.358 e. The highest BCUT2D eigenvalue weighted by Gasteiger charge is 2.35. The van der Waals surface area contributed by atoms with Gasteiger partial charge in [0.25, 0.3) is 0 Å². The second kappa shape index (κ2) is 10.3. The Morgan fingerprint density at radius 3 is 2.54 bits per heavy atom. The summed E-state index contributed by atoms with van der Waals surface area (Å²) in [6.45, 7) is 4.51. The van der Waals surface area contributed by atoms with Gasteiger partial charge in [0.1, 0.15) is 0 Å². The molecule has 1 unspecified atom stereocenters. The van der Waals surface area contributed by atoms with Crippen molar-refractivity contribution < 1.29 is 19.2 Å². The fourth-order valence-corrected chi connectivity index (χ4v) is 3.53. The number of nitrogens with one attached hydrogen (secondary N) is 2. The van der Waals surface area contributed by atoms with Crippen molar-refractivity contribution in [2.45, 2.75) is 39.2 Å². The van der Waals surface area contributed by atoms with Gasteiger partial charge >= 0.3 is 0 Å². The van der Waals surface area contributed by atoms with Gasteiger partial charge < -0.3 is 15.5 Å². The first-order chi connectivity index (χ1) is 11.4. The Balaban J connectivity index is 2.26. The molecule has 1 aliphatic rings. The first-order valence-electron chi connectivity index (χ1n) is 8.23. The van der Waals surface area contributed by atoms with Crippen molar-refractivity contribution in [1.29, 1.82) is 0 Å². The minimum absolute atomic E-state index is 0.0212. The van der Waals surface area contributed by atoms with Gasteiger partial charge in [0.05, 0.1) is 17.5 Å². The summed E-state index contributed by atoms with van der Waals surface area (Å²) in [5.74, 6) is 0.505. The number of ketones is 1. The Bertz CT molecular complexity index is 484. The van der Waals surface area contributed by atoms with Gasteiger partial charge in [0.15, 0.2) is 5.78 Å². The molecular weight excluding hydrogens is 330 g/mol. The van der Waals surface area contributed by atoms with E-state index in [2.05, 4.69) is 10.6 Å². The molecule has 136 valence electrons. The number of amides is 3. The van der Waals surface area contributed by atoms with Gasteiger partial charge in [-0.2, -0.15) is 0 Å². The number of thioether (sulfide) groups is 1. The number of carbonyl (C=O) groups excluding carboxylic acids is 4. The number of nitrogens with zero attached hydrogens (tertiary/aromatic N) is 1. The lowest BCUT2D eigenvalue weighted by atomic mass is 10.0. The predicted octanol–water partition coefficient (Wildman–Crippen LogP) is 0.188. The molecule has 0 bridgehead atoms. The van der Waals surface area contributed by atoms with E-state index < -0.39 is 0 Å². The van der Waals surface area contributed by atoms with Gasteiger partial charge in [0, 0.05) is 26.6 Å². The maximum absolute atomic E-state index is 12.1. The van der Waals surface area contributed by atoms with E-state index in [0.717, 1.165) is 0 Å². The lowest BCUT2D eigenvalue weighted by Crippen LogP contribution is -2.40. The summed E-state index contributed by atoms with van der Waals surface area (Å²) in [6, 6.07) is -0.321. The molecule has 2 atom stereocenters. The number of rotatable bonds is 10. The fraction of sp³-hybridized carbons (Fsp3) is 0.750. The van der Waals surface area contributed by atoms with E-state index in [1.165, 1.54) is 18.7 Å². The molecule has 0 spiro atoms. The van der Waals surface area contributed by atoms with E-state index in [-0.39, 0.29) is 47.0 Å². The molecule has 0 aromatic carbocycles. The summed E-state index contributed by atoms with van der Waals surface area (Å²) in [6.07, 6.45) is 1.78. The highest BCUT2D eigenvalue weighted by molar-refractivity contribution is 8.00. The maximum atomic E-state index is 12.1. The van der Waals surface area contributed by atoms with Crippen molar-refractivity contribution in [2.75, 3.05) is 31.6 Å². The van der Waals surface area contributed by atoms with Crippen molar-refractivity contribution in [3.8, 4) is 0 Å². The summed E-state index contributed by atoms with van der Waals surface area (Å²) in [5, 5.41) is 5.31. The van der Waals surface area contributed by atoms with E-state index >= 15 is 0 Å². The highest BCUT2D eigenvalue weighted by atomic mass is 32.2. The van der Waals surface area contributed by atoms with Gasteiger partial charge in [-0.25, -0.2) is 0 Å². The standard InChI is InChI=1S/C16H27N3O4S/c1-4-13(11(2)20)19-8-12(7-16(19)23)5-6-18-15(22)10-24-9-14(21)17-3/h12-13H,4-10H2,1-3H3,(H,17,21)(H,18,22)/t12?,13-/m0/s1. The second-order valence-electron chi connectivity index (χ2n) is 5.96. The lowest BCUT2D eigenvalue weighted by molar-refractivity contribution is -0.135. The Kier molecular flexibility index (Phi) is 8.81. The van der Waals surface area contributed by atoms with Crippen molar-refractivity contribution in [1.82, 2.24) is 15.5 Å². The maximum Gasteiger partial charge on any atom is 0.230 e. The van der Waals surface area contributed by atoms with E-state index in [9.17, 15) is 19.2 Å². The van der Waals surface area contributed by atoms with E-state index in [1.807, 2.05) is 6.92 Å². The zero-order chi connectivity index (χ0) is 18.1. The molecule has 3 amide bonds. The SMILES string of the molecule is CC[C@@H](C(C)=O)N1CC(CCNC(=O)CSCC(=O)NC)CC1=O. The van der Waals surface area contributed by atoms with Crippen LogP contribution >= 0.6 is 11.8 Å². The van der Waals surface area contributed by atoms with Crippen LogP contribution in [0.25, 0.3) is 0 Å². The molecule has 1 rings (SSSR count). The molecule has 0 aromatic heterocycles. The average Bonchev–Trinajstić information content (AvgIpc) is 2.88.